The van der Waals surface area contributed by atoms with Crippen molar-refractivity contribution in [1.82, 2.24) is 4.90 Å². The van der Waals surface area contributed by atoms with Crippen LogP contribution < -0.4 is 9.64 Å². The van der Waals surface area contributed by atoms with E-state index in [1.807, 2.05) is 75.4 Å². The molecule has 2 aliphatic rings. The van der Waals surface area contributed by atoms with E-state index in [9.17, 15) is 9.59 Å². The predicted molar refractivity (Wildman–Crippen MR) is 122 cm³/mol. The number of hydrogen-bond acceptors (Lipinski definition) is 5. The average Bonchev–Trinajstić information content (AvgIpc) is 3.26. The molecule has 0 radical (unpaired) electrons. The SMILES string of the molecule is CC(C)(C)OC(=O)N1CC=C(c2cccc3c2OCCN3C(=O)OCc2ccccc2)C1. The highest BCUT2D eigenvalue weighted by molar-refractivity contribution is 5.93. The predicted octanol–water partition coefficient (Wildman–Crippen LogP) is 4.86. The summed E-state index contributed by atoms with van der Waals surface area (Å²) < 4.78 is 17.0. The number of para-hydroxylation sites is 1. The largest absolute Gasteiger partial charge is 0.489 e. The summed E-state index contributed by atoms with van der Waals surface area (Å²) in [5.74, 6) is 0.632. The van der Waals surface area contributed by atoms with Gasteiger partial charge in [-0.3, -0.25) is 4.90 Å². The molecule has 0 aliphatic carbocycles. The molecule has 32 heavy (non-hydrogen) atoms. The molecule has 7 nitrogen and oxygen atoms in total. The molecule has 168 valence electrons. The van der Waals surface area contributed by atoms with Crippen LogP contribution in [0.25, 0.3) is 5.57 Å². The minimum absolute atomic E-state index is 0.210. The zero-order valence-corrected chi connectivity index (χ0v) is 18.7. The van der Waals surface area contributed by atoms with Gasteiger partial charge in [0.2, 0.25) is 0 Å². The Morgan fingerprint density at radius 1 is 1.03 bits per heavy atom. The number of carbonyl (C=O) groups excluding carboxylic acids is 2. The van der Waals surface area contributed by atoms with E-state index < -0.39 is 11.7 Å². The monoisotopic (exact) mass is 436 g/mol. The summed E-state index contributed by atoms with van der Waals surface area (Å²) in [5, 5.41) is 0. The van der Waals surface area contributed by atoms with Crippen LogP contribution in [0.1, 0.15) is 31.9 Å². The smallest absolute Gasteiger partial charge is 0.414 e. The number of ether oxygens (including phenoxy) is 3. The Morgan fingerprint density at radius 3 is 2.56 bits per heavy atom. The lowest BCUT2D eigenvalue weighted by atomic mass is 10.0. The van der Waals surface area contributed by atoms with Crippen molar-refractivity contribution in [3.05, 3.63) is 65.7 Å². The molecule has 2 aromatic rings. The second-order valence-electron chi connectivity index (χ2n) is 8.78. The van der Waals surface area contributed by atoms with Crippen LogP contribution in [-0.2, 0) is 16.1 Å². The molecule has 0 atom stereocenters. The van der Waals surface area contributed by atoms with Gasteiger partial charge < -0.3 is 19.1 Å². The molecule has 0 spiro atoms. The van der Waals surface area contributed by atoms with Crippen molar-refractivity contribution in [2.24, 2.45) is 0 Å². The lowest BCUT2D eigenvalue weighted by Gasteiger charge is -2.30. The first-order valence-electron chi connectivity index (χ1n) is 10.7. The molecule has 0 fully saturated rings. The maximum atomic E-state index is 12.8. The van der Waals surface area contributed by atoms with Crippen molar-refractivity contribution < 1.29 is 23.8 Å². The van der Waals surface area contributed by atoms with Gasteiger partial charge in [0.25, 0.3) is 0 Å². The molecule has 0 saturated heterocycles. The number of nitrogens with zero attached hydrogens (tertiary/aromatic N) is 2. The van der Waals surface area contributed by atoms with Gasteiger partial charge in [0.05, 0.1) is 12.2 Å². The van der Waals surface area contributed by atoms with Crippen molar-refractivity contribution in [1.29, 1.82) is 0 Å². The molecule has 2 amide bonds. The van der Waals surface area contributed by atoms with Crippen LogP contribution in [0.5, 0.6) is 5.75 Å². The summed E-state index contributed by atoms with van der Waals surface area (Å²) in [6, 6.07) is 15.3. The van der Waals surface area contributed by atoms with E-state index >= 15 is 0 Å². The van der Waals surface area contributed by atoms with Gasteiger partial charge >= 0.3 is 12.2 Å². The second-order valence-corrected chi connectivity index (χ2v) is 8.78. The van der Waals surface area contributed by atoms with Crippen LogP contribution in [0.3, 0.4) is 0 Å². The quantitative estimate of drug-likeness (QED) is 0.688. The third-order valence-corrected chi connectivity index (χ3v) is 5.19. The van der Waals surface area contributed by atoms with Gasteiger partial charge in [-0.15, -0.1) is 0 Å². The van der Waals surface area contributed by atoms with E-state index in [-0.39, 0.29) is 12.7 Å². The molecular weight excluding hydrogens is 408 g/mol. The van der Waals surface area contributed by atoms with Gasteiger partial charge in [0, 0.05) is 18.7 Å². The van der Waals surface area contributed by atoms with Crippen molar-refractivity contribution in [3.8, 4) is 5.75 Å². The first-order chi connectivity index (χ1) is 15.3. The zero-order valence-electron chi connectivity index (χ0n) is 18.7. The number of carbonyl (C=O) groups is 2. The number of hydrogen-bond donors (Lipinski definition) is 0. The van der Waals surface area contributed by atoms with Crippen molar-refractivity contribution in [2.45, 2.75) is 33.0 Å². The highest BCUT2D eigenvalue weighted by Crippen LogP contribution is 2.40. The molecule has 2 heterocycles. The summed E-state index contributed by atoms with van der Waals surface area (Å²) in [6.07, 6.45) is 1.24. The number of anilines is 1. The Morgan fingerprint density at radius 2 is 1.81 bits per heavy atom. The van der Waals surface area contributed by atoms with Crippen molar-refractivity contribution in [3.63, 3.8) is 0 Å². The first-order valence-corrected chi connectivity index (χ1v) is 10.7. The van der Waals surface area contributed by atoms with Gasteiger partial charge in [-0.05, 0) is 38.0 Å². The standard InChI is InChI=1S/C25H28N2O5/c1-25(2,3)32-23(28)26-13-12-19(16-26)20-10-7-11-21-22(20)30-15-14-27(21)24(29)31-17-18-8-5-4-6-9-18/h4-12H,13-17H2,1-3H3. The summed E-state index contributed by atoms with van der Waals surface area (Å²) >= 11 is 0. The number of benzene rings is 2. The van der Waals surface area contributed by atoms with Crippen molar-refractivity contribution >= 4 is 23.4 Å². The molecule has 7 heteroatoms. The molecule has 0 unspecified atom stereocenters. The third-order valence-electron chi connectivity index (χ3n) is 5.19. The normalized spacial score (nSPS) is 15.5. The van der Waals surface area contributed by atoms with E-state index in [0.717, 1.165) is 16.7 Å². The minimum Gasteiger partial charge on any atom is -0.489 e. The maximum absolute atomic E-state index is 12.8. The van der Waals surface area contributed by atoms with Crippen LogP contribution in [0, 0.1) is 0 Å². The molecule has 0 N–H and O–H groups in total. The first kappa shape index (κ1) is 21.7. The van der Waals surface area contributed by atoms with E-state index in [1.54, 1.807) is 9.80 Å². The number of amides is 2. The van der Waals surface area contributed by atoms with Gasteiger partial charge in [0.15, 0.2) is 5.75 Å². The number of fused-ring (bicyclic) bond motifs is 1. The lowest BCUT2D eigenvalue weighted by molar-refractivity contribution is 0.0306. The second kappa shape index (κ2) is 8.94. The Balaban J connectivity index is 1.48. The van der Waals surface area contributed by atoms with E-state index in [0.29, 0.717) is 37.7 Å². The van der Waals surface area contributed by atoms with Crippen molar-refractivity contribution in [2.75, 3.05) is 31.1 Å². The zero-order chi connectivity index (χ0) is 22.7. The Labute approximate surface area is 188 Å². The van der Waals surface area contributed by atoms with E-state index in [4.69, 9.17) is 14.2 Å². The fraction of sp³-hybridized carbons (Fsp3) is 0.360. The van der Waals surface area contributed by atoms with Gasteiger partial charge in [0.1, 0.15) is 18.8 Å². The van der Waals surface area contributed by atoms with E-state index in [1.165, 1.54) is 0 Å². The molecular formula is C25H28N2O5. The van der Waals surface area contributed by atoms with Crippen LogP contribution in [0.4, 0.5) is 15.3 Å². The molecule has 0 aromatic heterocycles. The fourth-order valence-corrected chi connectivity index (χ4v) is 3.70. The van der Waals surface area contributed by atoms with Gasteiger partial charge in [-0.1, -0.05) is 48.5 Å². The average molecular weight is 437 g/mol. The summed E-state index contributed by atoms with van der Waals surface area (Å²) in [5.41, 5.74) is 2.89. The van der Waals surface area contributed by atoms with Gasteiger partial charge in [-0.25, -0.2) is 9.59 Å². The molecule has 2 aliphatic heterocycles. The highest BCUT2D eigenvalue weighted by Gasteiger charge is 2.31. The Bertz CT molecular complexity index is 1030. The van der Waals surface area contributed by atoms with Crippen LogP contribution in [0.15, 0.2) is 54.6 Å². The maximum Gasteiger partial charge on any atom is 0.414 e. The van der Waals surface area contributed by atoms with E-state index in [2.05, 4.69) is 0 Å². The minimum atomic E-state index is -0.546. The molecule has 0 saturated carbocycles. The molecule has 0 bridgehead atoms. The van der Waals surface area contributed by atoms with Crippen LogP contribution >= 0.6 is 0 Å². The number of rotatable bonds is 3. The Hall–Kier alpha value is -3.48. The van der Waals surface area contributed by atoms with Crippen LogP contribution in [-0.4, -0.2) is 48.9 Å². The topological polar surface area (TPSA) is 68.3 Å². The van der Waals surface area contributed by atoms with Crippen LogP contribution in [0.2, 0.25) is 0 Å². The summed E-state index contributed by atoms with van der Waals surface area (Å²) in [7, 11) is 0. The van der Waals surface area contributed by atoms with Gasteiger partial charge in [-0.2, -0.15) is 0 Å². The lowest BCUT2D eigenvalue weighted by Crippen LogP contribution is -2.38. The highest BCUT2D eigenvalue weighted by atomic mass is 16.6. The summed E-state index contributed by atoms with van der Waals surface area (Å²) in [6.45, 7) is 7.43. The fourth-order valence-electron chi connectivity index (χ4n) is 3.70. The molecule has 2 aromatic carbocycles. The molecule has 4 rings (SSSR count). The Kier molecular flexibility index (Phi) is 6.08. The third kappa shape index (κ3) is 4.88. The summed E-state index contributed by atoms with van der Waals surface area (Å²) in [4.78, 5) is 28.5.